The number of hydrogen-bond donors (Lipinski definition) is 0. The molecular weight excluding hydrogens is 428 g/mol. The number of imidazole rings is 1. The molecule has 1 atom stereocenters. The molecule has 2 fully saturated rings. The van der Waals surface area contributed by atoms with Crippen LogP contribution in [-0.2, 0) is 26.1 Å². The van der Waals surface area contributed by atoms with Gasteiger partial charge in [-0.25, -0.2) is 9.50 Å². The van der Waals surface area contributed by atoms with Gasteiger partial charge >= 0.3 is 0 Å². The van der Waals surface area contributed by atoms with Gasteiger partial charge < -0.3 is 14.4 Å². The van der Waals surface area contributed by atoms with Crippen LogP contribution in [0, 0.1) is 5.92 Å². The smallest absolute Gasteiger partial charge is 0.233 e. The van der Waals surface area contributed by atoms with Gasteiger partial charge in [0.05, 0.1) is 24.3 Å². The largest absolute Gasteiger partial charge is 0.381 e. The second-order valence-corrected chi connectivity index (χ2v) is 9.09. The summed E-state index contributed by atoms with van der Waals surface area (Å²) < 4.78 is 13.3. The van der Waals surface area contributed by atoms with E-state index in [0.717, 1.165) is 23.3 Å². The molecule has 0 saturated carbocycles. The fraction of sp³-hybridized carbons (Fsp3) is 0.458. The minimum atomic E-state index is -0.578. The van der Waals surface area contributed by atoms with Crippen molar-refractivity contribution in [2.75, 3.05) is 39.5 Å². The molecule has 0 unspecified atom stereocenters. The molecule has 7 nitrogen and oxygen atoms in total. The first kappa shape index (κ1) is 21.4. The first-order chi connectivity index (χ1) is 15.6. The van der Waals surface area contributed by atoms with Crippen LogP contribution in [0.4, 0.5) is 0 Å². The Labute approximate surface area is 192 Å². The second-order valence-electron chi connectivity index (χ2n) is 8.65. The number of hydrogen-bond acceptors (Lipinski definition) is 5. The molecule has 2 aliphatic rings. The maximum atomic E-state index is 14.0. The number of nitrogens with zero attached hydrogens (tertiary/aromatic N) is 4. The number of rotatable bonds is 4. The molecule has 8 heteroatoms. The highest BCUT2D eigenvalue weighted by Gasteiger charge is 2.44. The molecule has 0 N–H and O–H groups in total. The maximum absolute atomic E-state index is 14.0. The average Bonchev–Trinajstić information content (AvgIpc) is 3.17. The molecule has 168 valence electrons. The number of aromatic nitrogens is 3. The first-order valence-corrected chi connectivity index (χ1v) is 11.5. The molecule has 1 amide bonds. The van der Waals surface area contributed by atoms with Crippen LogP contribution in [0.3, 0.4) is 0 Å². The lowest BCUT2D eigenvalue weighted by Gasteiger charge is -2.40. The Balaban J connectivity index is 1.37. The molecule has 4 heterocycles. The molecule has 2 aromatic heterocycles. The lowest BCUT2D eigenvalue weighted by molar-refractivity contribution is -0.141. The van der Waals surface area contributed by atoms with Crippen molar-refractivity contribution in [3.63, 3.8) is 0 Å². The zero-order chi connectivity index (χ0) is 22.0. The van der Waals surface area contributed by atoms with Crippen molar-refractivity contribution in [3.8, 4) is 0 Å². The monoisotopic (exact) mass is 454 g/mol. The zero-order valence-electron chi connectivity index (χ0n) is 18.0. The fourth-order valence-corrected chi connectivity index (χ4v) is 4.99. The van der Waals surface area contributed by atoms with E-state index < -0.39 is 5.41 Å². The van der Waals surface area contributed by atoms with Crippen molar-refractivity contribution < 1.29 is 14.3 Å². The summed E-state index contributed by atoms with van der Waals surface area (Å²) in [7, 11) is 0. The van der Waals surface area contributed by atoms with Crippen LogP contribution in [0.2, 0.25) is 5.02 Å². The normalized spacial score (nSPS) is 21.4. The molecule has 0 radical (unpaired) electrons. The third-order valence-electron chi connectivity index (χ3n) is 6.59. The van der Waals surface area contributed by atoms with Gasteiger partial charge in [-0.05, 0) is 49.1 Å². The van der Waals surface area contributed by atoms with E-state index >= 15 is 0 Å². The Bertz CT molecular complexity index is 1080. The lowest BCUT2D eigenvalue weighted by atomic mass is 9.73. The number of carbonyl (C=O) groups is 1. The molecule has 0 aliphatic carbocycles. The first-order valence-electron chi connectivity index (χ1n) is 11.1. The molecular formula is C24H27ClN4O3. The van der Waals surface area contributed by atoms with Crippen molar-refractivity contribution in [2.45, 2.75) is 24.7 Å². The number of ether oxygens (including phenoxy) is 2. The number of fused-ring (bicyclic) bond motifs is 1. The van der Waals surface area contributed by atoms with Crippen LogP contribution in [-0.4, -0.2) is 64.9 Å². The molecule has 0 bridgehead atoms. The summed E-state index contributed by atoms with van der Waals surface area (Å²) in [6.07, 6.45) is 5.68. The van der Waals surface area contributed by atoms with Gasteiger partial charge in [-0.1, -0.05) is 23.7 Å². The molecule has 32 heavy (non-hydrogen) atoms. The van der Waals surface area contributed by atoms with E-state index in [1.807, 2.05) is 47.5 Å². The van der Waals surface area contributed by atoms with E-state index in [1.165, 1.54) is 0 Å². The molecule has 3 aromatic rings. The summed E-state index contributed by atoms with van der Waals surface area (Å²) in [5.74, 6) is 0.341. The summed E-state index contributed by atoms with van der Waals surface area (Å²) in [6, 6.07) is 11.7. The summed E-state index contributed by atoms with van der Waals surface area (Å²) in [4.78, 5) is 20.3. The van der Waals surface area contributed by atoms with E-state index in [0.29, 0.717) is 57.4 Å². The fourth-order valence-electron chi connectivity index (χ4n) is 4.87. The highest BCUT2D eigenvalue weighted by Crippen LogP contribution is 2.38. The predicted octanol–water partition coefficient (Wildman–Crippen LogP) is 3.15. The Morgan fingerprint density at radius 2 is 1.91 bits per heavy atom. The minimum absolute atomic E-state index is 0.164. The zero-order valence-corrected chi connectivity index (χ0v) is 18.7. The van der Waals surface area contributed by atoms with Gasteiger partial charge in [0.2, 0.25) is 5.91 Å². The van der Waals surface area contributed by atoms with E-state index in [4.69, 9.17) is 21.1 Å². The van der Waals surface area contributed by atoms with Crippen molar-refractivity contribution in [1.82, 2.24) is 19.5 Å². The highest BCUT2D eigenvalue weighted by molar-refractivity contribution is 6.30. The average molecular weight is 455 g/mol. The minimum Gasteiger partial charge on any atom is -0.381 e. The van der Waals surface area contributed by atoms with Gasteiger partial charge in [0.1, 0.15) is 0 Å². The van der Waals surface area contributed by atoms with Gasteiger partial charge in [0.15, 0.2) is 5.65 Å². The summed E-state index contributed by atoms with van der Waals surface area (Å²) in [5.41, 5.74) is 2.24. The van der Waals surface area contributed by atoms with Crippen LogP contribution < -0.4 is 0 Å². The van der Waals surface area contributed by atoms with Crippen LogP contribution in [0.1, 0.15) is 24.1 Å². The molecule has 5 rings (SSSR count). The van der Waals surface area contributed by atoms with E-state index in [2.05, 4.69) is 10.1 Å². The van der Waals surface area contributed by atoms with Crippen LogP contribution in [0.5, 0.6) is 0 Å². The van der Waals surface area contributed by atoms with E-state index in [-0.39, 0.29) is 11.8 Å². The van der Waals surface area contributed by atoms with Crippen LogP contribution in [0.25, 0.3) is 5.65 Å². The third-order valence-corrected chi connectivity index (χ3v) is 6.84. The summed E-state index contributed by atoms with van der Waals surface area (Å²) >= 11 is 6.12. The Morgan fingerprint density at radius 3 is 2.72 bits per heavy atom. The molecule has 1 aromatic carbocycles. The molecule has 2 aliphatic heterocycles. The summed E-state index contributed by atoms with van der Waals surface area (Å²) in [5, 5.41) is 5.33. The number of carbonyl (C=O) groups excluding carboxylic acids is 1. The Morgan fingerprint density at radius 1 is 1.09 bits per heavy atom. The van der Waals surface area contributed by atoms with Crippen molar-refractivity contribution in [3.05, 3.63) is 65.1 Å². The number of halogens is 1. The summed E-state index contributed by atoms with van der Waals surface area (Å²) in [6.45, 7) is 3.57. The molecule has 2 saturated heterocycles. The number of amides is 1. The topological polar surface area (TPSA) is 69.0 Å². The van der Waals surface area contributed by atoms with E-state index in [9.17, 15) is 4.79 Å². The van der Waals surface area contributed by atoms with Crippen molar-refractivity contribution >= 4 is 23.2 Å². The van der Waals surface area contributed by atoms with Crippen LogP contribution in [0.15, 0.2) is 48.8 Å². The lowest BCUT2D eigenvalue weighted by Crippen LogP contribution is -2.51. The maximum Gasteiger partial charge on any atom is 0.233 e. The van der Waals surface area contributed by atoms with Gasteiger partial charge in [0, 0.05) is 49.6 Å². The van der Waals surface area contributed by atoms with Gasteiger partial charge in [-0.3, -0.25) is 4.79 Å². The Kier molecular flexibility index (Phi) is 6.13. The van der Waals surface area contributed by atoms with Gasteiger partial charge in [-0.15, -0.1) is 0 Å². The van der Waals surface area contributed by atoms with Gasteiger partial charge in [-0.2, -0.15) is 5.10 Å². The molecule has 0 spiro atoms. The highest BCUT2D eigenvalue weighted by atomic mass is 35.5. The van der Waals surface area contributed by atoms with E-state index in [1.54, 1.807) is 10.7 Å². The SMILES string of the molecule is O=C(N1CCOC[C@H](Cc2ccc3nccn3n2)C1)C1(c2ccc(Cl)cc2)CCOCC1. The predicted molar refractivity (Wildman–Crippen MR) is 121 cm³/mol. The number of benzene rings is 1. The second kappa shape index (κ2) is 9.17. The Hall–Kier alpha value is -2.48. The van der Waals surface area contributed by atoms with Gasteiger partial charge in [0.25, 0.3) is 0 Å². The van der Waals surface area contributed by atoms with Crippen molar-refractivity contribution in [1.29, 1.82) is 0 Å². The quantitative estimate of drug-likeness (QED) is 0.605. The van der Waals surface area contributed by atoms with Crippen LogP contribution >= 0.6 is 11.6 Å². The standard InChI is InChI=1S/C24H27ClN4O3/c25-20-3-1-19(2-4-20)24(7-12-31-13-8-24)23(30)28-11-14-32-17-18(16-28)15-21-5-6-22-26-9-10-29(22)27-21/h1-6,9-10,18H,7-8,11-17H2/t18-/m1/s1. The van der Waals surface area contributed by atoms with Crippen molar-refractivity contribution in [2.24, 2.45) is 5.92 Å². The third kappa shape index (κ3) is 4.25.